The second-order valence-electron chi connectivity index (χ2n) is 13.3. The average molecular weight is 519 g/mol. The van der Waals surface area contributed by atoms with Crippen molar-refractivity contribution >= 4 is 28.4 Å². The third-order valence-corrected chi connectivity index (χ3v) is 10.4. The highest BCUT2D eigenvalue weighted by Crippen LogP contribution is 2.50. The van der Waals surface area contributed by atoms with E-state index in [1.54, 1.807) is 0 Å². The minimum Gasteiger partial charge on any atom is -0.387 e. The van der Waals surface area contributed by atoms with Crippen LogP contribution in [-0.4, -0.2) is 76.2 Å². The van der Waals surface area contributed by atoms with Gasteiger partial charge in [-0.25, -0.2) is 4.58 Å². The third-order valence-electron chi connectivity index (χ3n) is 10.4. The van der Waals surface area contributed by atoms with E-state index in [2.05, 4.69) is 99.2 Å². The number of nitrogens with zero attached hydrogens (tertiary/aromatic N) is 4. The Bertz CT molecular complexity index is 1480. The van der Waals surface area contributed by atoms with E-state index in [1.165, 1.54) is 22.2 Å². The first-order chi connectivity index (χ1) is 17.5. The minimum atomic E-state index is -0.789. The van der Waals surface area contributed by atoms with Crippen molar-refractivity contribution in [1.29, 1.82) is 0 Å². The van der Waals surface area contributed by atoms with Gasteiger partial charge in [0.25, 0.3) is 0 Å². The molecule has 1 fully saturated rings. The fourth-order valence-electron chi connectivity index (χ4n) is 7.00. The Balaban J connectivity index is 1.70. The van der Waals surface area contributed by atoms with E-state index >= 15 is 0 Å². The van der Waals surface area contributed by atoms with Crippen molar-refractivity contribution in [3.05, 3.63) is 51.5 Å². The Morgan fingerprint density at radius 1 is 0.895 bits per heavy atom. The normalized spacial score (nSPS) is 28.3. The summed E-state index contributed by atoms with van der Waals surface area (Å²) in [5.41, 5.74) is 7.36. The molecule has 0 radical (unpaired) electrons. The van der Waals surface area contributed by atoms with Crippen molar-refractivity contribution in [2.45, 2.75) is 76.5 Å². The number of fused-ring (bicyclic) bond motifs is 2. The largest absolute Gasteiger partial charge is 0.387 e. The van der Waals surface area contributed by atoms with E-state index in [1.807, 2.05) is 28.2 Å². The summed E-state index contributed by atoms with van der Waals surface area (Å²) in [4.78, 5) is 18.2. The first-order valence-electron chi connectivity index (χ1n) is 13.8. The highest BCUT2D eigenvalue weighted by atomic mass is 16.3. The molecule has 6 nitrogen and oxygen atoms in total. The third kappa shape index (κ3) is 3.35. The molecule has 0 amide bonds. The predicted molar refractivity (Wildman–Crippen MR) is 160 cm³/mol. The number of aliphatic hydroxyl groups is 1. The minimum absolute atomic E-state index is 0.0348. The summed E-state index contributed by atoms with van der Waals surface area (Å²) < 4.78 is 2.34. The van der Waals surface area contributed by atoms with Crippen LogP contribution in [0.3, 0.4) is 0 Å². The summed E-state index contributed by atoms with van der Waals surface area (Å²) >= 11 is 0. The molecule has 3 aliphatic rings. The van der Waals surface area contributed by atoms with Crippen LogP contribution >= 0.6 is 0 Å². The van der Waals surface area contributed by atoms with Gasteiger partial charge in [0.15, 0.2) is 6.04 Å². The zero-order valence-corrected chi connectivity index (χ0v) is 25.3. The van der Waals surface area contributed by atoms with Crippen molar-refractivity contribution in [1.82, 2.24) is 4.58 Å². The van der Waals surface area contributed by atoms with Gasteiger partial charge in [0.05, 0.1) is 16.7 Å². The molecule has 2 aliphatic heterocycles. The Hall–Kier alpha value is -2.86. The maximum atomic E-state index is 11.7. The molecule has 0 saturated heterocycles. The second-order valence-corrected chi connectivity index (χ2v) is 13.3. The zero-order chi connectivity index (χ0) is 28.2. The number of likely N-dealkylation sites (N-methyl/N-ethyl adjacent to an activating group) is 2. The van der Waals surface area contributed by atoms with Gasteiger partial charge in [-0.2, -0.15) is 0 Å². The maximum Gasteiger partial charge on any atom is 0.333 e. The van der Waals surface area contributed by atoms with Crippen LogP contribution in [0.25, 0.3) is 5.57 Å². The molecule has 38 heavy (non-hydrogen) atoms. The van der Waals surface area contributed by atoms with E-state index in [-0.39, 0.29) is 16.6 Å². The fraction of sp³-hybridized carbons (Fsp3) is 0.562. The molecule has 4 atom stereocenters. The number of benzene rings is 2. The smallest absolute Gasteiger partial charge is 0.333 e. The highest BCUT2D eigenvalue weighted by molar-refractivity contribution is 6.28. The standard InChI is InChI=1S/C32H45N4O2/c1-17-31(3,4)21-13-19(23(33(7)8)15-25(21)35(17)11)27-29(37)28(30(27)38)20-14-22-26(16-24(20)34(9)10)36(12)18(2)32(22,5)6/h13-18,27,29,37H,1-12H3/q+1/p+1. The molecule has 2 aromatic carbocycles. The van der Waals surface area contributed by atoms with Gasteiger partial charge in [0.2, 0.25) is 5.36 Å². The summed E-state index contributed by atoms with van der Waals surface area (Å²) in [6, 6.07) is 9.60. The molecule has 2 aromatic rings. The second kappa shape index (κ2) is 8.32. The van der Waals surface area contributed by atoms with Crippen LogP contribution in [-0.2, 0) is 10.8 Å². The molecule has 2 N–H and O–H groups in total. The number of anilines is 3. The van der Waals surface area contributed by atoms with Crippen LogP contribution in [0.5, 0.6) is 0 Å². The molecule has 0 spiro atoms. The van der Waals surface area contributed by atoms with E-state index < -0.39 is 12.0 Å². The van der Waals surface area contributed by atoms with Gasteiger partial charge < -0.3 is 19.8 Å². The summed E-state index contributed by atoms with van der Waals surface area (Å²) in [6.45, 7) is 13.6. The molecule has 1 aliphatic carbocycles. The van der Waals surface area contributed by atoms with Crippen molar-refractivity contribution in [3.63, 3.8) is 0 Å². The number of aliphatic hydroxyl groups excluding tert-OH is 1. The van der Waals surface area contributed by atoms with Crippen LogP contribution in [0.2, 0.25) is 0 Å². The lowest BCUT2D eigenvalue weighted by molar-refractivity contribution is 0.203. The average Bonchev–Trinajstić information content (AvgIpc) is 3.12. The molecule has 0 aromatic heterocycles. The van der Waals surface area contributed by atoms with Crippen LogP contribution in [0.1, 0.15) is 64.2 Å². The summed E-state index contributed by atoms with van der Waals surface area (Å²) in [5, 5.41) is 13.9. The SMILES string of the molecule is CC1N(C)c2cc(N(C)C)c(C3C(=[OH+])C(=c4cc5c(cc4N(C)C)=[N+](C)C(C)C5(C)C)C3O)cc2C1(C)C. The predicted octanol–water partition coefficient (Wildman–Crippen LogP) is 2.59. The molecular weight excluding hydrogens is 472 g/mol. The van der Waals surface area contributed by atoms with Gasteiger partial charge in [-0.15, -0.1) is 0 Å². The number of ketones is 1. The number of rotatable bonds is 3. The molecule has 204 valence electrons. The summed E-state index contributed by atoms with van der Waals surface area (Å²) in [6.07, 6.45) is -0.789. The van der Waals surface area contributed by atoms with Crippen molar-refractivity contribution in [2.24, 2.45) is 0 Å². The Labute approximate surface area is 227 Å². The Morgan fingerprint density at radius 3 is 2.05 bits per heavy atom. The van der Waals surface area contributed by atoms with Crippen LogP contribution < -0.4 is 29.9 Å². The maximum absolute atomic E-state index is 11.7. The molecule has 6 heteroatoms. The molecule has 4 unspecified atom stereocenters. The Morgan fingerprint density at radius 2 is 1.50 bits per heavy atom. The van der Waals surface area contributed by atoms with Crippen molar-refractivity contribution < 1.29 is 9.90 Å². The van der Waals surface area contributed by atoms with E-state index in [9.17, 15) is 9.90 Å². The van der Waals surface area contributed by atoms with Gasteiger partial charge in [-0.3, -0.25) is 4.79 Å². The van der Waals surface area contributed by atoms with Gasteiger partial charge in [-0.05, 0) is 57.0 Å². The highest BCUT2D eigenvalue weighted by Gasteiger charge is 2.54. The summed E-state index contributed by atoms with van der Waals surface area (Å²) in [5.74, 6) is -0.180. The van der Waals surface area contributed by atoms with Crippen molar-refractivity contribution in [2.75, 3.05) is 57.0 Å². The molecule has 5 rings (SSSR count). The van der Waals surface area contributed by atoms with Crippen molar-refractivity contribution in [3.8, 4) is 0 Å². The quantitative estimate of drug-likeness (QED) is 0.501. The fourth-order valence-corrected chi connectivity index (χ4v) is 7.00. The van der Waals surface area contributed by atoms with Gasteiger partial charge >= 0.3 is 5.78 Å². The number of hydrogen-bond acceptors (Lipinski definition) is 4. The molecule has 2 heterocycles. The Kier molecular flexibility index (Phi) is 5.85. The topological polar surface area (TPSA) is 54.4 Å². The monoisotopic (exact) mass is 518 g/mol. The van der Waals surface area contributed by atoms with E-state index in [4.69, 9.17) is 0 Å². The number of carbonyl (C=O) groups excluding carboxylic acids is 1. The lowest BCUT2D eigenvalue weighted by Gasteiger charge is -2.34. The zero-order valence-electron chi connectivity index (χ0n) is 25.3. The van der Waals surface area contributed by atoms with Gasteiger partial charge in [0, 0.05) is 74.9 Å². The van der Waals surface area contributed by atoms with Crippen LogP contribution in [0, 0.1) is 0 Å². The lowest BCUT2D eigenvalue weighted by Crippen LogP contribution is -2.47. The molecular formula is C32H46N4O2+2. The number of hydrogen-bond donors (Lipinski definition) is 1. The van der Waals surface area contributed by atoms with E-state index in [0.29, 0.717) is 17.7 Å². The van der Waals surface area contributed by atoms with Crippen LogP contribution in [0.4, 0.5) is 17.1 Å². The molecule has 0 bridgehead atoms. The van der Waals surface area contributed by atoms with Gasteiger partial charge in [0.1, 0.15) is 19.1 Å². The van der Waals surface area contributed by atoms with Crippen LogP contribution in [0.15, 0.2) is 24.3 Å². The first kappa shape index (κ1) is 26.7. The molecule has 1 saturated carbocycles. The summed E-state index contributed by atoms with van der Waals surface area (Å²) in [7, 11) is 12.4. The first-order valence-corrected chi connectivity index (χ1v) is 13.8. The lowest BCUT2D eigenvalue weighted by atomic mass is 9.68. The van der Waals surface area contributed by atoms with E-state index in [0.717, 1.165) is 22.2 Å². The van der Waals surface area contributed by atoms with Gasteiger partial charge in [-0.1, -0.05) is 13.8 Å².